The summed E-state index contributed by atoms with van der Waals surface area (Å²) >= 11 is 0. The van der Waals surface area contributed by atoms with Gasteiger partial charge in [-0.05, 0) is 50.4 Å². The average molecular weight is 209 g/mol. The molecule has 1 aliphatic rings. The fraction of sp³-hybridized carbons (Fsp3) is 0.500. The number of phenols is 1. The normalized spacial score (nSPS) is 17.7. The Morgan fingerprint density at radius 1 is 1.53 bits per heavy atom. The second-order valence-electron chi connectivity index (χ2n) is 4.28. The van der Waals surface area contributed by atoms with E-state index in [1.54, 1.807) is 0 Å². The van der Waals surface area contributed by atoms with Gasteiger partial charge in [-0.2, -0.15) is 0 Å². The smallest absolute Gasteiger partial charge is 0.123 e. The second-order valence-corrected chi connectivity index (χ2v) is 4.28. The molecule has 0 saturated heterocycles. The van der Waals surface area contributed by atoms with Gasteiger partial charge in [-0.3, -0.25) is 0 Å². The van der Waals surface area contributed by atoms with Crippen molar-refractivity contribution in [1.82, 2.24) is 5.32 Å². The van der Waals surface area contributed by atoms with E-state index in [0.717, 1.165) is 12.5 Å². The van der Waals surface area contributed by atoms with E-state index in [2.05, 4.69) is 5.32 Å². The summed E-state index contributed by atoms with van der Waals surface area (Å²) in [6, 6.07) is 4.06. The lowest BCUT2D eigenvalue weighted by atomic mass is 10.1. The fourth-order valence-electron chi connectivity index (χ4n) is 1.65. The lowest BCUT2D eigenvalue weighted by Gasteiger charge is -2.15. The Morgan fingerprint density at radius 2 is 2.27 bits per heavy atom. The van der Waals surface area contributed by atoms with E-state index in [0.29, 0.717) is 5.56 Å². The Labute approximate surface area is 89.1 Å². The zero-order valence-corrected chi connectivity index (χ0v) is 8.83. The van der Waals surface area contributed by atoms with Gasteiger partial charge in [0.1, 0.15) is 11.6 Å². The molecule has 1 aliphatic carbocycles. The predicted molar refractivity (Wildman–Crippen MR) is 57.2 cm³/mol. The minimum absolute atomic E-state index is 0.00120. The van der Waals surface area contributed by atoms with Crippen LogP contribution in [0.3, 0.4) is 0 Å². The first-order chi connectivity index (χ1) is 7.16. The fourth-order valence-corrected chi connectivity index (χ4v) is 1.65. The number of aromatic hydroxyl groups is 1. The van der Waals surface area contributed by atoms with E-state index < -0.39 is 0 Å². The van der Waals surface area contributed by atoms with Crippen LogP contribution in [-0.4, -0.2) is 11.7 Å². The van der Waals surface area contributed by atoms with Crippen molar-refractivity contribution in [2.75, 3.05) is 6.54 Å². The van der Waals surface area contributed by atoms with Gasteiger partial charge in [0.15, 0.2) is 0 Å². The highest BCUT2D eigenvalue weighted by Gasteiger charge is 2.22. The Bertz CT molecular complexity index is 349. The molecule has 3 heteroatoms. The van der Waals surface area contributed by atoms with E-state index in [-0.39, 0.29) is 17.6 Å². The molecule has 0 amide bonds. The van der Waals surface area contributed by atoms with Gasteiger partial charge in [-0.25, -0.2) is 4.39 Å². The Morgan fingerprint density at radius 3 is 2.93 bits per heavy atom. The highest BCUT2D eigenvalue weighted by Crippen LogP contribution is 2.30. The van der Waals surface area contributed by atoms with Crippen molar-refractivity contribution >= 4 is 0 Å². The van der Waals surface area contributed by atoms with Crippen molar-refractivity contribution in [3.8, 4) is 5.75 Å². The van der Waals surface area contributed by atoms with Gasteiger partial charge >= 0.3 is 0 Å². The molecule has 1 fully saturated rings. The minimum Gasteiger partial charge on any atom is -0.508 e. The van der Waals surface area contributed by atoms with Crippen molar-refractivity contribution in [3.05, 3.63) is 29.6 Å². The molecule has 2 rings (SSSR count). The van der Waals surface area contributed by atoms with Gasteiger partial charge in [0, 0.05) is 11.6 Å². The molecule has 0 aromatic heterocycles. The molecule has 1 aromatic carbocycles. The molecule has 2 N–H and O–H groups in total. The van der Waals surface area contributed by atoms with Crippen LogP contribution in [0, 0.1) is 11.7 Å². The third kappa shape index (κ3) is 2.69. The molecular weight excluding hydrogens is 193 g/mol. The van der Waals surface area contributed by atoms with Gasteiger partial charge in [0.05, 0.1) is 0 Å². The van der Waals surface area contributed by atoms with E-state index in [1.807, 2.05) is 6.92 Å². The highest BCUT2D eigenvalue weighted by atomic mass is 19.1. The van der Waals surface area contributed by atoms with Gasteiger partial charge in [0.2, 0.25) is 0 Å². The summed E-state index contributed by atoms with van der Waals surface area (Å²) in [6.07, 6.45) is 2.57. The number of rotatable bonds is 4. The lowest BCUT2D eigenvalue weighted by molar-refractivity contribution is 0.447. The predicted octanol–water partition coefficient (Wildman–Crippen LogP) is 2.59. The summed E-state index contributed by atoms with van der Waals surface area (Å²) in [6.45, 7) is 2.90. The summed E-state index contributed by atoms with van der Waals surface area (Å²) in [4.78, 5) is 0. The highest BCUT2D eigenvalue weighted by molar-refractivity contribution is 5.34. The molecule has 0 spiro atoms. The van der Waals surface area contributed by atoms with Crippen LogP contribution in [0.4, 0.5) is 4.39 Å². The summed E-state index contributed by atoms with van der Waals surface area (Å²) in [5.74, 6) is 0.637. The summed E-state index contributed by atoms with van der Waals surface area (Å²) in [5, 5.41) is 12.9. The second kappa shape index (κ2) is 4.19. The van der Waals surface area contributed by atoms with Gasteiger partial charge < -0.3 is 10.4 Å². The van der Waals surface area contributed by atoms with Crippen LogP contribution in [-0.2, 0) is 0 Å². The zero-order chi connectivity index (χ0) is 10.8. The van der Waals surface area contributed by atoms with Crippen molar-refractivity contribution in [3.63, 3.8) is 0 Å². The first-order valence-electron chi connectivity index (χ1n) is 5.38. The maximum Gasteiger partial charge on any atom is 0.123 e. The van der Waals surface area contributed by atoms with Crippen LogP contribution in [0.15, 0.2) is 18.2 Å². The lowest BCUT2D eigenvalue weighted by Crippen LogP contribution is -2.21. The zero-order valence-electron chi connectivity index (χ0n) is 8.83. The molecule has 0 unspecified atom stereocenters. The average Bonchev–Trinajstić information content (AvgIpc) is 3.02. The van der Waals surface area contributed by atoms with E-state index in [9.17, 15) is 9.50 Å². The third-order valence-corrected chi connectivity index (χ3v) is 2.87. The summed E-state index contributed by atoms with van der Waals surface area (Å²) in [5.41, 5.74) is 0.635. The van der Waals surface area contributed by atoms with E-state index >= 15 is 0 Å². The quantitative estimate of drug-likeness (QED) is 0.798. The van der Waals surface area contributed by atoms with E-state index in [4.69, 9.17) is 0 Å². The van der Waals surface area contributed by atoms with Gasteiger partial charge in [-0.1, -0.05) is 0 Å². The standard InChI is InChI=1S/C12H16FNO/c1-8(14-7-9-2-3-9)11-6-10(13)4-5-12(11)15/h4-6,8-9,14-15H,2-3,7H2,1H3/t8-/m1/s1. The molecule has 1 atom stereocenters. The molecular formula is C12H16FNO. The molecule has 15 heavy (non-hydrogen) atoms. The largest absolute Gasteiger partial charge is 0.508 e. The number of nitrogens with one attached hydrogen (secondary N) is 1. The Kier molecular flexibility index (Phi) is 2.91. The molecule has 1 saturated carbocycles. The molecule has 0 heterocycles. The van der Waals surface area contributed by atoms with Crippen molar-refractivity contribution < 1.29 is 9.50 Å². The molecule has 0 bridgehead atoms. The van der Waals surface area contributed by atoms with E-state index in [1.165, 1.54) is 31.0 Å². The number of halogens is 1. The van der Waals surface area contributed by atoms with Crippen LogP contribution in [0.1, 0.15) is 31.4 Å². The summed E-state index contributed by atoms with van der Waals surface area (Å²) in [7, 11) is 0. The number of benzene rings is 1. The topological polar surface area (TPSA) is 32.3 Å². The van der Waals surface area contributed by atoms with Gasteiger partial charge in [0.25, 0.3) is 0 Å². The molecule has 1 aromatic rings. The van der Waals surface area contributed by atoms with Crippen LogP contribution in [0.5, 0.6) is 5.75 Å². The molecule has 0 radical (unpaired) electrons. The number of phenolic OH excluding ortho intramolecular Hbond substituents is 1. The van der Waals surface area contributed by atoms with Crippen molar-refractivity contribution in [2.24, 2.45) is 5.92 Å². The van der Waals surface area contributed by atoms with Crippen LogP contribution < -0.4 is 5.32 Å². The number of hydrogen-bond acceptors (Lipinski definition) is 2. The molecule has 82 valence electrons. The van der Waals surface area contributed by atoms with Crippen molar-refractivity contribution in [1.29, 1.82) is 0 Å². The van der Waals surface area contributed by atoms with Crippen molar-refractivity contribution in [2.45, 2.75) is 25.8 Å². The maximum atomic E-state index is 13.0. The molecule has 2 nitrogen and oxygen atoms in total. The van der Waals surface area contributed by atoms with Crippen LogP contribution >= 0.6 is 0 Å². The van der Waals surface area contributed by atoms with Gasteiger partial charge in [-0.15, -0.1) is 0 Å². The number of hydrogen-bond donors (Lipinski definition) is 2. The SMILES string of the molecule is C[C@@H](NCC1CC1)c1cc(F)ccc1O. The van der Waals surface area contributed by atoms with Crippen LogP contribution in [0.2, 0.25) is 0 Å². The minimum atomic E-state index is -0.303. The summed E-state index contributed by atoms with van der Waals surface area (Å²) < 4.78 is 13.0. The maximum absolute atomic E-state index is 13.0. The Hall–Kier alpha value is -1.09. The van der Waals surface area contributed by atoms with Crippen LogP contribution in [0.25, 0.3) is 0 Å². The Balaban J connectivity index is 2.02. The monoisotopic (exact) mass is 209 g/mol. The first-order valence-corrected chi connectivity index (χ1v) is 5.38. The molecule has 0 aliphatic heterocycles. The first kappa shape index (κ1) is 10.4. The third-order valence-electron chi connectivity index (χ3n) is 2.87.